The fourth-order valence-electron chi connectivity index (χ4n) is 2.58. The van der Waals surface area contributed by atoms with Crippen molar-refractivity contribution in [1.29, 1.82) is 0 Å². The Kier molecular flexibility index (Phi) is 4.42. The molecule has 3 amide bonds. The number of nitrogens with zero attached hydrogens (tertiary/aromatic N) is 3. The summed E-state index contributed by atoms with van der Waals surface area (Å²) >= 11 is 0. The van der Waals surface area contributed by atoms with Gasteiger partial charge < -0.3 is 5.32 Å². The maximum Gasteiger partial charge on any atom is 0.262 e. The number of amides is 3. The van der Waals surface area contributed by atoms with Crippen LogP contribution < -0.4 is 10.9 Å². The van der Waals surface area contributed by atoms with Crippen LogP contribution in [-0.2, 0) is 11.3 Å². The molecule has 128 valence electrons. The van der Waals surface area contributed by atoms with Gasteiger partial charge in [-0.3, -0.25) is 28.6 Å². The Balaban J connectivity index is 1.56. The zero-order chi connectivity index (χ0) is 18.0. The van der Waals surface area contributed by atoms with Crippen molar-refractivity contribution in [2.24, 2.45) is 0 Å². The average molecular weight is 340 g/mol. The largest absolute Gasteiger partial charge is 0.353 e. The van der Waals surface area contributed by atoms with Crippen molar-refractivity contribution in [3.63, 3.8) is 0 Å². The van der Waals surface area contributed by atoms with E-state index in [0.29, 0.717) is 16.8 Å². The third-order valence-electron chi connectivity index (χ3n) is 3.87. The van der Waals surface area contributed by atoms with Crippen LogP contribution in [0.3, 0.4) is 0 Å². The maximum absolute atomic E-state index is 12.2. The van der Waals surface area contributed by atoms with Crippen molar-refractivity contribution in [3.8, 4) is 0 Å². The van der Waals surface area contributed by atoms with Crippen LogP contribution in [0.4, 0.5) is 0 Å². The lowest BCUT2D eigenvalue weighted by Gasteiger charge is -2.13. The summed E-state index contributed by atoms with van der Waals surface area (Å²) in [6.07, 6.45) is 1.41. The molecule has 8 heteroatoms. The highest BCUT2D eigenvalue weighted by molar-refractivity contribution is 6.22. The Morgan fingerprint density at radius 3 is 2.36 bits per heavy atom. The number of hydrogen-bond acceptors (Lipinski definition) is 5. The molecule has 0 spiro atoms. The first-order valence-electron chi connectivity index (χ1n) is 7.72. The molecule has 0 saturated heterocycles. The molecule has 0 atom stereocenters. The van der Waals surface area contributed by atoms with E-state index in [1.165, 1.54) is 17.0 Å². The molecular weight excluding hydrogens is 324 g/mol. The normalized spacial score (nSPS) is 13.1. The number of aromatic nitrogens is 2. The SMILES string of the molecule is Cc1cc(=O)n(CCNC(=O)CN2C(=O)c3ccccc3C2=O)cn1. The molecule has 1 N–H and O–H groups in total. The molecule has 0 radical (unpaired) electrons. The van der Waals surface area contributed by atoms with Gasteiger partial charge in [0.15, 0.2) is 0 Å². The zero-order valence-corrected chi connectivity index (χ0v) is 13.6. The van der Waals surface area contributed by atoms with Gasteiger partial charge in [0.1, 0.15) is 6.54 Å². The smallest absolute Gasteiger partial charge is 0.262 e. The number of hydrogen-bond donors (Lipinski definition) is 1. The minimum absolute atomic E-state index is 0.187. The Morgan fingerprint density at radius 1 is 1.12 bits per heavy atom. The highest BCUT2D eigenvalue weighted by Crippen LogP contribution is 2.21. The fraction of sp³-hybridized carbons (Fsp3) is 0.235. The number of fused-ring (bicyclic) bond motifs is 1. The zero-order valence-electron chi connectivity index (χ0n) is 13.6. The van der Waals surface area contributed by atoms with E-state index in [4.69, 9.17) is 0 Å². The summed E-state index contributed by atoms with van der Waals surface area (Å²) in [6.45, 7) is 1.80. The van der Waals surface area contributed by atoms with Crippen LogP contribution in [-0.4, -0.2) is 45.3 Å². The van der Waals surface area contributed by atoms with Crippen LogP contribution in [0, 0.1) is 6.92 Å². The molecular formula is C17H16N4O4. The monoisotopic (exact) mass is 340 g/mol. The number of aryl methyl sites for hydroxylation is 1. The average Bonchev–Trinajstić information content (AvgIpc) is 2.82. The standard InChI is InChI=1S/C17H16N4O4/c1-11-8-15(23)20(10-19-11)7-6-18-14(22)9-21-16(24)12-4-2-3-5-13(12)17(21)25/h2-5,8,10H,6-7,9H2,1H3,(H,18,22). The van der Waals surface area contributed by atoms with Crippen molar-refractivity contribution < 1.29 is 14.4 Å². The molecule has 0 bridgehead atoms. The number of carbonyl (C=O) groups excluding carboxylic acids is 3. The van der Waals surface area contributed by atoms with Crippen LogP contribution >= 0.6 is 0 Å². The van der Waals surface area contributed by atoms with E-state index >= 15 is 0 Å². The first kappa shape index (κ1) is 16.6. The first-order chi connectivity index (χ1) is 12.0. The van der Waals surface area contributed by atoms with Crippen LogP contribution in [0.2, 0.25) is 0 Å². The summed E-state index contributed by atoms with van der Waals surface area (Å²) in [6, 6.07) is 7.86. The highest BCUT2D eigenvalue weighted by atomic mass is 16.2. The molecule has 25 heavy (non-hydrogen) atoms. The van der Waals surface area contributed by atoms with E-state index in [1.54, 1.807) is 31.2 Å². The van der Waals surface area contributed by atoms with Crippen LogP contribution in [0.15, 0.2) is 41.5 Å². The van der Waals surface area contributed by atoms with Gasteiger partial charge in [-0.1, -0.05) is 12.1 Å². The van der Waals surface area contributed by atoms with Crippen molar-refractivity contribution >= 4 is 17.7 Å². The van der Waals surface area contributed by atoms with Crippen molar-refractivity contribution in [2.75, 3.05) is 13.1 Å². The molecule has 0 fully saturated rings. The molecule has 2 heterocycles. The quantitative estimate of drug-likeness (QED) is 0.770. The molecule has 3 rings (SSSR count). The molecule has 0 unspecified atom stereocenters. The Labute approximate surface area is 143 Å². The van der Waals surface area contributed by atoms with Crippen LogP contribution in [0.25, 0.3) is 0 Å². The second-order valence-corrected chi connectivity index (χ2v) is 5.65. The highest BCUT2D eigenvalue weighted by Gasteiger charge is 2.36. The summed E-state index contributed by atoms with van der Waals surface area (Å²) < 4.78 is 1.37. The molecule has 0 aliphatic carbocycles. The van der Waals surface area contributed by atoms with Crippen LogP contribution in [0.1, 0.15) is 26.4 Å². The molecule has 1 aliphatic rings. The van der Waals surface area contributed by atoms with E-state index in [-0.39, 0.29) is 25.2 Å². The van der Waals surface area contributed by atoms with E-state index in [2.05, 4.69) is 10.3 Å². The van der Waals surface area contributed by atoms with Gasteiger partial charge in [0, 0.05) is 24.8 Å². The molecule has 0 saturated carbocycles. The molecule has 8 nitrogen and oxygen atoms in total. The van der Waals surface area contributed by atoms with Gasteiger partial charge in [0.2, 0.25) is 5.91 Å². The number of carbonyl (C=O) groups is 3. The summed E-state index contributed by atoms with van der Waals surface area (Å²) in [5, 5.41) is 2.60. The second-order valence-electron chi connectivity index (χ2n) is 5.65. The van der Waals surface area contributed by atoms with E-state index in [1.807, 2.05) is 0 Å². The topological polar surface area (TPSA) is 101 Å². The second kappa shape index (κ2) is 6.68. The van der Waals surface area contributed by atoms with Gasteiger partial charge in [-0.15, -0.1) is 0 Å². The lowest BCUT2D eigenvalue weighted by molar-refractivity contribution is -0.121. The fourth-order valence-corrected chi connectivity index (χ4v) is 2.58. The van der Waals surface area contributed by atoms with E-state index in [9.17, 15) is 19.2 Å². The molecule has 2 aromatic rings. The van der Waals surface area contributed by atoms with Crippen molar-refractivity contribution in [2.45, 2.75) is 13.5 Å². The Morgan fingerprint density at radius 2 is 1.76 bits per heavy atom. The molecule has 1 aromatic heterocycles. The van der Waals surface area contributed by atoms with Gasteiger partial charge >= 0.3 is 0 Å². The van der Waals surface area contributed by atoms with Gasteiger partial charge in [-0.05, 0) is 19.1 Å². The summed E-state index contributed by atoms with van der Waals surface area (Å²) in [5.74, 6) is -1.42. The van der Waals surface area contributed by atoms with Gasteiger partial charge in [0.25, 0.3) is 17.4 Å². The van der Waals surface area contributed by atoms with Crippen molar-refractivity contribution in [3.05, 3.63) is 63.8 Å². The third-order valence-corrected chi connectivity index (χ3v) is 3.87. The predicted molar refractivity (Wildman–Crippen MR) is 88.1 cm³/mol. The predicted octanol–water partition coefficient (Wildman–Crippen LogP) is -0.0359. The minimum atomic E-state index is -0.477. The minimum Gasteiger partial charge on any atom is -0.353 e. The van der Waals surface area contributed by atoms with Gasteiger partial charge in [-0.25, -0.2) is 4.98 Å². The van der Waals surface area contributed by atoms with Gasteiger partial charge in [-0.2, -0.15) is 0 Å². The van der Waals surface area contributed by atoms with Crippen molar-refractivity contribution in [1.82, 2.24) is 19.8 Å². The number of benzene rings is 1. The number of nitrogens with one attached hydrogen (secondary N) is 1. The number of rotatable bonds is 5. The van der Waals surface area contributed by atoms with Crippen LogP contribution in [0.5, 0.6) is 0 Å². The lowest BCUT2D eigenvalue weighted by Crippen LogP contribution is -2.41. The Hall–Kier alpha value is -3.29. The van der Waals surface area contributed by atoms with Gasteiger partial charge in [0.05, 0.1) is 17.5 Å². The first-order valence-corrected chi connectivity index (χ1v) is 7.72. The van der Waals surface area contributed by atoms with E-state index < -0.39 is 17.7 Å². The summed E-state index contributed by atoms with van der Waals surface area (Å²) in [5.41, 5.74) is 1.02. The summed E-state index contributed by atoms with van der Waals surface area (Å²) in [4.78, 5) is 53.0. The third kappa shape index (κ3) is 3.32. The lowest BCUT2D eigenvalue weighted by atomic mass is 10.1. The summed E-state index contributed by atoms with van der Waals surface area (Å²) in [7, 11) is 0. The Bertz CT molecular complexity index is 884. The molecule has 1 aromatic carbocycles. The number of imide groups is 1. The maximum atomic E-state index is 12.2. The van der Waals surface area contributed by atoms with E-state index in [0.717, 1.165) is 4.90 Å². The molecule has 1 aliphatic heterocycles.